The highest BCUT2D eigenvalue weighted by atomic mass is 16.5. The number of hydrogen-bond donors (Lipinski definition) is 2. The van der Waals surface area contributed by atoms with Crippen LogP contribution in [0.25, 0.3) is 0 Å². The van der Waals surface area contributed by atoms with E-state index in [0.717, 1.165) is 31.9 Å². The van der Waals surface area contributed by atoms with Crippen LogP contribution in [0, 0.1) is 6.92 Å². The van der Waals surface area contributed by atoms with E-state index in [2.05, 4.69) is 30.4 Å². The van der Waals surface area contributed by atoms with Gasteiger partial charge in [-0.2, -0.15) is 0 Å². The minimum Gasteiger partial charge on any atom is -0.494 e. The molecule has 0 aliphatic heterocycles. The van der Waals surface area contributed by atoms with Crippen molar-refractivity contribution in [2.24, 2.45) is 5.73 Å². The van der Waals surface area contributed by atoms with Crippen molar-refractivity contribution in [3.05, 3.63) is 29.3 Å². The van der Waals surface area contributed by atoms with E-state index >= 15 is 0 Å². The zero-order valence-electron chi connectivity index (χ0n) is 11.5. The fourth-order valence-corrected chi connectivity index (χ4v) is 2.09. The summed E-state index contributed by atoms with van der Waals surface area (Å²) in [6, 6.07) is 6.43. The lowest BCUT2D eigenvalue weighted by Gasteiger charge is -2.11. The van der Waals surface area contributed by atoms with Gasteiger partial charge in [0.1, 0.15) is 5.75 Å². The first-order valence-electron chi connectivity index (χ1n) is 6.85. The van der Waals surface area contributed by atoms with E-state index in [0.29, 0.717) is 0 Å². The molecule has 0 amide bonds. The Morgan fingerprint density at radius 2 is 2.17 bits per heavy atom. The zero-order valence-corrected chi connectivity index (χ0v) is 11.5. The largest absolute Gasteiger partial charge is 0.494 e. The van der Waals surface area contributed by atoms with Gasteiger partial charge >= 0.3 is 0 Å². The van der Waals surface area contributed by atoms with E-state index in [4.69, 9.17) is 10.5 Å². The second-order valence-corrected chi connectivity index (χ2v) is 5.32. The number of nitrogens with one attached hydrogen (secondary N) is 1. The average molecular weight is 248 g/mol. The van der Waals surface area contributed by atoms with Crippen molar-refractivity contribution in [1.82, 2.24) is 5.32 Å². The highest BCUT2D eigenvalue weighted by molar-refractivity contribution is 5.36. The monoisotopic (exact) mass is 248 g/mol. The van der Waals surface area contributed by atoms with Crippen molar-refractivity contribution >= 4 is 0 Å². The van der Waals surface area contributed by atoms with Gasteiger partial charge in [-0.05, 0) is 56.8 Å². The Morgan fingerprint density at radius 3 is 2.78 bits per heavy atom. The van der Waals surface area contributed by atoms with Crippen LogP contribution in [-0.2, 0) is 6.42 Å². The highest BCUT2D eigenvalue weighted by Gasteiger charge is 2.37. The molecule has 3 heteroatoms. The molecule has 0 bridgehead atoms. The van der Waals surface area contributed by atoms with E-state index in [-0.39, 0.29) is 5.54 Å². The van der Waals surface area contributed by atoms with Crippen molar-refractivity contribution in [3.8, 4) is 5.75 Å². The summed E-state index contributed by atoms with van der Waals surface area (Å²) in [6.07, 6.45) is 3.38. The van der Waals surface area contributed by atoms with Crippen molar-refractivity contribution in [3.63, 3.8) is 0 Å². The smallest absolute Gasteiger partial charge is 0.122 e. The van der Waals surface area contributed by atoms with Crippen molar-refractivity contribution in [2.45, 2.75) is 38.6 Å². The fourth-order valence-electron chi connectivity index (χ4n) is 2.09. The second-order valence-electron chi connectivity index (χ2n) is 5.32. The molecule has 0 spiro atoms. The van der Waals surface area contributed by atoms with Crippen LogP contribution in [-0.4, -0.2) is 25.2 Å². The molecule has 0 radical (unpaired) electrons. The Labute approximate surface area is 110 Å². The number of rotatable bonds is 7. The van der Waals surface area contributed by atoms with E-state index in [1.165, 1.54) is 24.0 Å². The van der Waals surface area contributed by atoms with Gasteiger partial charge < -0.3 is 15.8 Å². The van der Waals surface area contributed by atoms with Crippen LogP contribution in [0.4, 0.5) is 0 Å². The molecule has 0 heterocycles. The summed E-state index contributed by atoms with van der Waals surface area (Å²) in [5, 5.41) is 3.44. The predicted octanol–water partition coefficient (Wildman–Crippen LogP) is 2.02. The maximum atomic E-state index is 6.02. The first-order valence-corrected chi connectivity index (χ1v) is 6.85. The Balaban J connectivity index is 1.76. The highest BCUT2D eigenvalue weighted by Crippen LogP contribution is 2.30. The molecule has 18 heavy (non-hydrogen) atoms. The lowest BCUT2D eigenvalue weighted by Crippen LogP contribution is -2.36. The molecule has 3 nitrogen and oxygen atoms in total. The lowest BCUT2D eigenvalue weighted by molar-refractivity contribution is 0.338. The third-order valence-electron chi connectivity index (χ3n) is 3.50. The summed E-state index contributed by atoms with van der Waals surface area (Å²) in [5.74, 6) is 0.994. The molecule has 0 saturated heterocycles. The van der Waals surface area contributed by atoms with Crippen LogP contribution in [0.15, 0.2) is 18.2 Å². The number of hydrogen-bond acceptors (Lipinski definition) is 3. The molecule has 1 aromatic carbocycles. The number of nitrogens with two attached hydrogens (primary N) is 1. The van der Waals surface area contributed by atoms with Gasteiger partial charge in [-0.3, -0.25) is 0 Å². The molecular weight excluding hydrogens is 224 g/mol. The summed E-state index contributed by atoms with van der Waals surface area (Å²) >= 11 is 0. The Hall–Kier alpha value is -1.06. The van der Waals surface area contributed by atoms with Crippen molar-refractivity contribution in [2.75, 3.05) is 19.7 Å². The molecule has 0 aromatic heterocycles. The first kappa shape index (κ1) is 13.4. The van der Waals surface area contributed by atoms with Crippen LogP contribution in [0.5, 0.6) is 5.75 Å². The Kier molecular flexibility index (Phi) is 4.25. The van der Waals surface area contributed by atoms with Crippen molar-refractivity contribution in [1.29, 1.82) is 0 Å². The topological polar surface area (TPSA) is 47.3 Å². The third kappa shape index (κ3) is 3.72. The Bertz CT molecular complexity index is 399. The van der Waals surface area contributed by atoms with Crippen LogP contribution in [0.2, 0.25) is 0 Å². The zero-order chi connectivity index (χ0) is 13.0. The number of benzene rings is 1. The molecule has 1 aliphatic carbocycles. The number of ether oxygens (including phenoxy) is 1. The second kappa shape index (κ2) is 5.72. The summed E-state index contributed by atoms with van der Waals surface area (Å²) in [5.41, 5.74) is 8.70. The minimum atomic E-state index is 0.106. The SMILES string of the molecule is CCOc1ccc(CCNCC2(N)CC2)cc1C. The van der Waals surface area contributed by atoms with Crippen LogP contribution >= 0.6 is 0 Å². The summed E-state index contributed by atoms with van der Waals surface area (Å²) in [4.78, 5) is 0. The lowest BCUT2D eigenvalue weighted by atomic mass is 10.1. The van der Waals surface area contributed by atoms with Crippen LogP contribution < -0.4 is 15.8 Å². The molecule has 0 unspecified atom stereocenters. The normalized spacial score (nSPS) is 16.6. The summed E-state index contributed by atoms with van der Waals surface area (Å²) in [6.45, 7) is 6.77. The molecule has 1 saturated carbocycles. The quantitative estimate of drug-likeness (QED) is 0.726. The standard InChI is InChI=1S/C15H24N2O/c1-3-18-14-5-4-13(10-12(14)2)6-9-17-11-15(16)7-8-15/h4-5,10,17H,3,6-9,11,16H2,1-2H3. The van der Waals surface area contributed by atoms with Gasteiger partial charge in [0.15, 0.2) is 0 Å². The van der Waals surface area contributed by atoms with Crippen LogP contribution in [0.3, 0.4) is 0 Å². The molecule has 2 rings (SSSR count). The van der Waals surface area contributed by atoms with Gasteiger partial charge in [-0.1, -0.05) is 12.1 Å². The van der Waals surface area contributed by atoms with Gasteiger partial charge in [0, 0.05) is 12.1 Å². The van der Waals surface area contributed by atoms with E-state index in [1.54, 1.807) is 0 Å². The minimum absolute atomic E-state index is 0.106. The Morgan fingerprint density at radius 1 is 1.39 bits per heavy atom. The van der Waals surface area contributed by atoms with Crippen molar-refractivity contribution < 1.29 is 4.74 Å². The van der Waals surface area contributed by atoms with E-state index in [9.17, 15) is 0 Å². The predicted molar refractivity (Wildman–Crippen MR) is 75.1 cm³/mol. The van der Waals surface area contributed by atoms with E-state index < -0.39 is 0 Å². The third-order valence-corrected chi connectivity index (χ3v) is 3.50. The maximum Gasteiger partial charge on any atom is 0.122 e. The van der Waals surface area contributed by atoms with Gasteiger partial charge in [0.2, 0.25) is 0 Å². The number of aryl methyl sites for hydroxylation is 1. The van der Waals surface area contributed by atoms with Gasteiger partial charge in [-0.25, -0.2) is 0 Å². The molecule has 1 fully saturated rings. The fraction of sp³-hybridized carbons (Fsp3) is 0.600. The molecule has 100 valence electrons. The molecule has 1 aliphatic rings. The maximum absolute atomic E-state index is 6.02. The van der Waals surface area contributed by atoms with E-state index in [1.807, 2.05) is 6.92 Å². The van der Waals surface area contributed by atoms with Gasteiger partial charge in [0.05, 0.1) is 6.61 Å². The molecule has 3 N–H and O–H groups in total. The molecular formula is C15H24N2O. The van der Waals surface area contributed by atoms with Gasteiger partial charge in [-0.15, -0.1) is 0 Å². The van der Waals surface area contributed by atoms with Crippen LogP contribution in [0.1, 0.15) is 30.9 Å². The first-order chi connectivity index (χ1) is 8.63. The molecule has 0 atom stereocenters. The molecule has 1 aromatic rings. The van der Waals surface area contributed by atoms with Gasteiger partial charge in [0.25, 0.3) is 0 Å². The summed E-state index contributed by atoms with van der Waals surface area (Å²) in [7, 11) is 0. The summed E-state index contributed by atoms with van der Waals surface area (Å²) < 4.78 is 5.54. The average Bonchev–Trinajstić information content (AvgIpc) is 3.07.